The van der Waals surface area contributed by atoms with Crippen molar-refractivity contribution >= 4 is 16.2 Å². The SMILES string of the molecule is CC1CN(S(=O)(=O)NCCCCCC(=O)O)CC(C)O1. The predicted octanol–water partition coefficient (Wildman–Crippen LogP) is 0.575. The number of carbonyl (C=O) groups is 1. The largest absolute Gasteiger partial charge is 0.481 e. The Bertz CT molecular complexity index is 402. The van der Waals surface area contributed by atoms with Crippen LogP contribution < -0.4 is 4.72 Å². The second kappa shape index (κ2) is 7.92. The molecule has 0 amide bonds. The number of nitrogens with one attached hydrogen (secondary N) is 1. The van der Waals surface area contributed by atoms with Crippen LogP contribution in [-0.2, 0) is 19.7 Å². The summed E-state index contributed by atoms with van der Waals surface area (Å²) >= 11 is 0. The molecule has 0 bridgehead atoms. The van der Waals surface area contributed by atoms with Crippen LogP contribution >= 0.6 is 0 Å². The summed E-state index contributed by atoms with van der Waals surface area (Å²) in [7, 11) is -3.47. The monoisotopic (exact) mass is 308 g/mol. The van der Waals surface area contributed by atoms with Crippen LogP contribution in [0.1, 0.15) is 39.5 Å². The van der Waals surface area contributed by atoms with E-state index in [0.29, 0.717) is 38.9 Å². The average molecular weight is 308 g/mol. The van der Waals surface area contributed by atoms with E-state index < -0.39 is 16.2 Å². The highest BCUT2D eigenvalue weighted by Gasteiger charge is 2.30. The summed E-state index contributed by atoms with van der Waals surface area (Å²) in [5.74, 6) is -0.818. The molecule has 8 heteroatoms. The van der Waals surface area contributed by atoms with E-state index >= 15 is 0 Å². The molecule has 0 aliphatic carbocycles. The second-order valence-electron chi connectivity index (χ2n) is 5.18. The van der Waals surface area contributed by atoms with Crippen molar-refractivity contribution in [2.45, 2.75) is 51.7 Å². The Morgan fingerprint density at radius 1 is 1.25 bits per heavy atom. The quantitative estimate of drug-likeness (QED) is 0.639. The molecule has 0 spiro atoms. The standard InChI is InChI=1S/C12H24N2O5S/c1-10-8-14(9-11(2)19-10)20(17,18)13-7-5-3-4-6-12(15)16/h10-11,13H,3-9H2,1-2H3,(H,15,16). The number of carboxylic acids is 1. The van der Waals surface area contributed by atoms with Crippen LogP contribution in [0.2, 0.25) is 0 Å². The Morgan fingerprint density at radius 2 is 1.85 bits per heavy atom. The molecule has 7 nitrogen and oxygen atoms in total. The van der Waals surface area contributed by atoms with Crippen LogP contribution in [-0.4, -0.2) is 55.6 Å². The molecular weight excluding hydrogens is 284 g/mol. The Labute approximate surface area is 120 Å². The van der Waals surface area contributed by atoms with E-state index in [1.807, 2.05) is 13.8 Å². The number of aliphatic carboxylic acids is 1. The van der Waals surface area contributed by atoms with Gasteiger partial charge in [-0.1, -0.05) is 6.42 Å². The number of ether oxygens (including phenoxy) is 1. The van der Waals surface area contributed by atoms with Crippen molar-refractivity contribution in [3.05, 3.63) is 0 Å². The molecule has 0 saturated carbocycles. The third-order valence-electron chi connectivity index (χ3n) is 3.08. The molecule has 1 aliphatic heterocycles. The molecule has 2 N–H and O–H groups in total. The first kappa shape index (κ1) is 17.4. The number of carboxylic acid groups (broad SMARTS) is 1. The zero-order chi connectivity index (χ0) is 15.2. The van der Waals surface area contributed by atoms with Gasteiger partial charge in [0.2, 0.25) is 0 Å². The van der Waals surface area contributed by atoms with Crippen molar-refractivity contribution in [3.8, 4) is 0 Å². The first-order valence-electron chi connectivity index (χ1n) is 6.93. The molecule has 1 heterocycles. The summed E-state index contributed by atoms with van der Waals surface area (Å²) in [6, 6.07) is 0. The Morgan fingerprint density at radius 3 is 2.40 bits per heavy atom. The maximum atomic E-state index is 12.1. The fourth-order valence-corrected chi connectivity index (χ4v) is 3.59. The van der Waals surface area contributed by atoms with Crippen LogP contribution in [0.15, 0.2) is 0 Å². The lowest BCUT2D eigenvalue weighted by Crippen LogP contribution is -2.52. The lowest BCUT2D eigenvalue weighted by atomic mass is 10.2. The molecule has 2 unspecified atom stereocenters. The maximum Gasteiger partial charge on any atom is 0.303 e. The molecule has 0 aromatic heterocycles. The Hall–Kier alpha value is -0.700. The van der Waals surface area contributed by atoms with Crippen molar-refractivity contribution in [2.24, 2.45) is 0 Å². The van der Waals surface area contributed by atoms with Crippen LogP contribution in [0.25, 0.3) is 0 Å². The predicted molar refractivity (Wildman–Crippen MR) is 74.6 cm³/mol. The van der Waals surface area contributed by atoms with Crippen molar-refractivity contribution < 1.29 is 23.1 Å². The molecule has 1 aliphatic rings. The summed E-state index contributed by atoms with van der Waals surface area (Å²) in [4.78, 5) is 10.3. The number of hydrogen-bond donors (Lipinski definition) is 2. The third kappa shape index (κ3) is 6.17. The molecule has 0 radical (unpaired) electrons. The molecule has 1 fully saturated rings. The van der Waals surface area contributed by atoms with Crippen molar-refractivity contribution in [1.82, 2.24) is 9.03 Å². The second-order valence-corrected chi connectivity index (χ2v) is 6.93. The molecule has 1 rings (SSSR count). The molecule has 0 aromatic carbocycles. The van der Waals surface area contributed by atoms with Gasteiger partial charge in [-0.25, -0.2) is 4.72 Å². The van der Waals surface area contributed by atoms with E-state index in [1.165, 1.54) is 4.31 Å². The van der Waals surface area contributed by atoms with E-state index in [2.05, 4.69) is 4.72 Å². The summed E-state index contributed by atoms with van der Waals surface area (Å²) in [5.41, 5.74) is 0. The molecule has 0 aromatic rings. The van der Waals surface area contributed by atoms with Gasteiger partial charge in [-0.15, -0.1) is 0 Å². The smallest absolute Gasteiger partial charge is 0.303 e. The average Bonchev–Trinajstić information content (AvgIpc) is 2.32. The fraction of sp³-hybridized carbons (Fsp3) is 0.917. The minimum atomic E-state index is -3.47. The van der Waals surface area contributed by atoms with Gasteiger partial charge in [0.1, 0.15) is 0 Å². The van der Waals surface area contributed by atoms with E-state index in [1.54, 1.807) is 0 Å². The van der Waals surface area contributed by atoms with E-state index in [-0.39, 0.29) is 18.6 Å². The van der Waals surface area contributed by atoms with Crippen molar-refractivity contribution in [2.75, 3.05) is 19.6 Å². The third-order valence-corrected chi connectivity index (χ3v) is 4.62. The van der Waals surface area contributed by atoms with Crippen molar-refractivity contribution in [1.29, 1.82) is 0 Å². The first-order valence-corrected chi connectivity index (χ1v) is 8.37. The molecule has 20 heavy (non-hydrogen) atoms. The van der Waals surface area contributed by atoms with Gasteiger partial charge in [0.15, 0.2) is 0 Å². The van der Waals surface area contributed by atoms with Crippen LogP contribution in [0.3, 0.4) is 0 Å². The van der Waals surface area contributed by atoms with Crippen LogP contribution in [0, 0.1) is 0 Å². The van der Waals surface area contributed by atoms with Crippen LogP contribution in [0.5, 0.6) is 0 Å². The Balaban J connectivity index is 2.29. The lowest BCUT2D eigenvalue weighted by Gasteiger charge is -2.34. The number of rotatable bonds is 8. The van der Waals surface area contributed by atoms with Crippen molar-refractivity contribution in [3.63, 3.8) is 0 Å². The number of hydrogen-bond acceptors (Lipinski definition) is 4. The fourth-order valence-electron chi connectivity index (χ4n) is 2.20. The highest BCUT2D eigenvalue weighted by molar-refractivity contribution is 7.87. The molecular formula is C12H24N2O5S. The maximum absolute atomic E-state index is 12.1. The van der Waals surface area contributed by atoms with Gasteiger partial charge in [-0.3, -0.25) is 4.79 Å². The van der Waals surface area contributed by atoms with E-state index in [0.717, 1.165) is 0 Å². The van der Waals surface area contributed by atoms with E-state index in [9.17, 15) is 13.2 Å². The normalized spacial score (nSPS) is 24.7. The highest BCUT2D eigenvalue weighted by Crippen LogP contribution is 2.13. The number of nitrogens with zero attached hydrogens (tertiary/aromatic N) is 1. The number of morpholine rings is 1. The Kier molecular flexibility index (Phi) is 6.87. The first-order chi connectivity index (χ1) is 9.31. The highest BCUT2D eigenvalue weighted by atomic mass is 32.2. The minimum Gasteiger partial charge on any atom is -0.481 e. The topological polar surface area (TPSA) is 95.9 Å². The van der Waals surface area contributed by atoms with Gasteiger partial charge in [-0.05, 0) is 26.7 Å². The van der Waals surface area contributed by atoms with Crippen LogP contribution in [0.4, 0.5) is 0 Å². The zero-order valence-corrected chi connectivity index (χ0v) is 12.9. The summed E-state index contributed by atoms with van der Waals surface area (Å²) in [6.07, 6.45) is 1.83. The van der Waals surface area contributed by atoms with Gasteiger partial charge >= 0.3 is 5.97 Å². The summed E-state index contributed by atoms with van der Waals surface area (Å²) in [6.45, 7) is 4.76. The lowest BCUT2D eigenvalue weighted by molar-refractivity contribution is -0.137. The van der Waals surface area contributed by atoms with Gasteiger partial charge in [0.05, 0.1) is 12.2 Å². The zero-order valence-electron chi connectivity index (χ0n) is 12.0. The molecule has 2 atom stereocenters. The molecule has 118 valence electrons. The van der Waals surface area contributed by atoms with E-state index in [4.69, 9.17) is 9.84 Å². The molecule has 1 saturated heterocycles. The van der Waals surface area contributed by atoms with Gasteiger partial charge < -0.3 is 9.84 Å². The minimum absolute atomic E-state index is 0.106. The number of unbranched alkanes of at least 4 members (excludes halogenated alkanes) is 2. The van der Waals surface area contributed by atoms with Gasteiger partial charge in [-0.2, -0.15) is 12.7 Å². The van der Waals surface area contributed by atoms with Gasteiger partial charge in [0.25, 0.3) is 10.2 Å². The van der Waals surface area contributed by atoms with Gasteiger partial charge in [0, 0.05) is 26.1 Å². The summed E-state index contributed by atoms with van der Waals surface area (Å²) in [5, 5.41) is 8.49. The summed E-state index contributed by atoms with van der Waals surface area (Å²) < 4.78 is 33.6.